The average molecular weight is 562 g/mol. The van der Waals surface area contributed by atoms with E-state index in [9.17, 15) is 14.7 Å². The zero-order valence-corrected chi connectivity index (χ0v) is 22.8. The highest BCUT2D eigenvalue weighted by Gasteiger charge is 2.13. The van der Waals surface area contributed by atoms with Crippen molar-refractivity contribution in [2.75, 3.05) is 13.2 Å². The summed E-state index contributed by atoms with van der Waals surface area (Å²) in [6, 6.07) is 21.1. The van der Waals surface area contributed by atoms with E-state index in [2.05, 4.69) is 0 Å². The van der Waals surface area contributed by atoms with Gasteiger partial charge in [-0.25, -0.2) is 0 Å². The number of carbonyl (C=O) groups is 2. The fourth-order valence-corrected chi connectivity index (χ4v) is 4.69. The lowest BCUT2D eigenvalue weighted by Gasteiger charge is -2.09. The molecule has 0 fully saturated rings. The normalized spacial score (nSPS) is 11.2. The van der Waals surface area contributed by atoms with E-state index in [0.717, 1.165) is 46.2 Å². The fraction of sp³-hybridized carbons (Fsp3) is 0.250. The van der Waals surface area contributed by atoms with E-state index in [-0.39, 0.29) is 13.0 Å². The highest BCUT2D eigenvalue weighted by atomic mass is 35.5. The first-order valence-corrected chi connectivity index (χ1v) is 13.6. The molecule has 0 bridgehead atoms. The summed E-state index contributed by atoms with van der Waals surface area (Å²) in [7, 11) is 0. The number of hydrogen-bond acceptors (Lipinski definition) is 4. The number of rotatable bonds is 15. The molecule has 0 spiro atoms. The Balaban J connectivity index is 1.35. The molecular formula is C32H32ClNO6. The third-order valence-corrected chi connectivity index (χ3v) is 6.70. The third-order valence-electron chi connectivity index (χ3n) is 6.39. The molecule has 0 aliphatic carbocycles. The SMILES string of the molecule is O=C(O)CCCc1cn(CC(=O)O)c2c(/C=C/c3ccc(OCCCCOc4ccccc4Cl)cc3)cccc12. The second kappa shape index (κ2) is 14.2. The molecule has 4 rings (SSSR count). The van der Waals surface area contributed by atoms with Gasteiger partial charge in [0.15, 0.2) is 0 Å². The van der Waals surface area contributed by atoms with Crippen LogP contribution in [0.5, 0.6) is 11.5 Å². The van der Waals surface area contributed by atoms with Gasteiger partial charge in [-0.15, -0.1) is 0 Å². The van der Waals surface area contributed by atoms with Crippen LogP contribution in [0.2, 0.25) is 5.02 Å². The summed E-state index contributed by atoms with van der Waals surface area (Å²) in [5, 5.41) is 20.0. The second-order valence-corrected chi connectivity index (χ2v) is 9.81. The maximum Gasteiger partial charge on any atom is 0.323 e. The van der Waals surface area contributed by atoms with Crippen molar-refractivity contribution in [3.63, 3.8) is 0 Å². The number of fused-ring (bicyclic) bond motifs is 1. The van der Waals surface area contributed by atoms with Gasteiger partial charge in [0.05, 0.1) is 23.8 Å². The number of aryl methyl sites for hydroxylation is 1. The van der Waals surface area contributed by atoms with E-state index in [1.165, 1.54) is 0 Å². The Hall–Kier alpha value is -4.23. The number of nitrogens with zero attached hydrogens (tertiary/aromatic N) is 1. The number of unbranched alkanes of at least 4 members (excludes halogenated alkanes) is 1. The van der Waals surface area contributed by atoms with Gasteiger partial charge in [-0.2, -0.15) is 0 Å². The Morgan fingerprint density at radius 1 is 0.825 bits per heavy atom. The first-order chi connectivity index (χ1) is 19.4. The molecule has 0 atom stereocenters. The number of ether oxygens (including phenoxy) is 2. The van der Waals surface area contributed by atoms with Crippen LogP contribution < -0.4 is 9.47 Å². The largest absolute Gasteiger partial charge is 0.494 e. The van der Waals surface area contributed by atoms with Crippen molar-refractivity contribution in [2.24, 2.45) is 0 Å². The van der Waals surface area contributed by atoms with Gasteiger partial charge in [-0.05, 0) is 66.6 Å². The molecule has 3 aromatic carbocycles. The Morgan fingerprint density at radius 2 is 1.57 bits per heavy atom. The maximum atomic E-state index is 11.5. The molecule has 0 radical (unpaired) electrons. The molecule has 0 amide bonds. The van der Waals surface area contributed by atoms with Crippen molar-refractivity contribution in [3.8, 4) is 11.5 Å². The number of carboxylic acid groups (broad SMARTS) is 2. The minimum absolute atomic E-state index is 0.0723. The Morgan fingerprint density at radius 3 is 2.30 bits per heavy atom. The lowest BCUT2D eigenvalue weighted by atomic mass is 10.0. The molecule has 4 aromatic rings. The molecule has 8 heteroatoms. The van der Waals surface area contributed by atoms with Gasteiger partial charge in [-0.1, -0.05) is 66.2 Å². The van der Waals surface area contributed by atoms with Crippen LogP contribution in [-0.4, -0.2) is 39.9 Å². The van der Waals surface area contributed by atoms with Gasteiger partial charge in [0.2, 0.25) is 0 Å². The first kappa shape index (κ1) is 28.8. The van der Waals surface area contributed by atoms with E-state index in [1.807, 2.05) is 79.0 Å². The zero-order chi connectivity index (χ0) is 28.3. The number of benzene rings is 3. The molecule has 7 nitrogen and oxygen atoms in total. The summed E-state index contributed by atoms with van der Waals surface area (Å²) < 4.78 is 13.3. The van der Waals surface area contributed by atoms with Gasteiger partial charge < -0.3 is 24.3 Å². The summed E-state index contributed by atoms with van der Waals surface area (Å²) in [6.45, 7) is 0.986. The average Bonchev–Trinajstić information content (AvgIpc) is 3.28. The van der Waals surface area contributed by atoms with Crippen molar-refractivity contribution < 1.29 is 29.3 Å². The summed E-state index contributed by atoms with van der Waals surface area (Å²) in [4.78, 5) is 22.4. The van der Waals surface area contributed by atoms with Crippen LogP contribution in [0.1, 0.15) is 42.4 Å². The molecule has 0 unspecified atom stereocenters. The molecular weight excluding hydrogens is 530 g/mol. The van der Waals surface area contributed by atoms with Gasteiger partial charge in [0, 0.05) is 18.0 Å². The Bertz CT molecular complexity index is 1470. The predicted octanol–water partition coefficient (Wildman–Crippen LogP) is 7.20. The second-order valence-electron chi connectivity index (χ2n) is 9.40. The number of aliphatic carboxylic acids is 2. The van der Waals surface area contributed by atoms with Gasteiger partial charge in [0.25, 0.3) is 0 Å². The zero-order valence-electron chi connectivity index (χ0n) is 22.1. The van der Waals surface area contributed by atoms with E-state index in [0.29, 0.717) is 36.8 Å². The molecule has 208 valence electrons. The number of carboxylic acids is 2. The minimum Gasteiger partial charge on any atom is -0.494 e. The molecule has 2 N–H and O–H groups in total. The summed E-state index contributed by atoms with van der Waals surface area (Å²) >= 11 is 6.10. The molecule has 1 aromatic heterocycles. The van der Waals surface area contributed by atoms with Crippen molar-refractivity contribution >= 4 is 46.6 Å². The van der Waals surface area contributed by atoms with Gasteiger partial charge >= 0.3 is 11.9 Å². The molecule has 0 saturated carbocycles. The predicted molar refractivity (Wildman–Crippen MR) is 157 cm³/mol. The van der Waals surface area contributed by atoms with Crippen LogP contribution in [-0.2, 0) is 22.6 Å². The van der Waals surface area contributed by atoms with Crippen molar-refractivity contribution in [1.29, 1.82) is 0 Å². The lowest BCUT2D eigenvalue weighted by Crippen LogP contribution is -2.07. The molecule has 1 heterocycles. The van der Waals surface area contributed by atoms with Crippen LogP contribution in [0.3, 0.4) is 0 Å². The van der Waals surface area contributed by atoms with Gasteiger partial charge in [0.1, 0.15) is 18.0 Å². The highest BCUT2D eigenvalue weighted by Crippen LogP contribution is 2.28. The molecule has 0 aliphatic rings. The van der Waals surface area contributed by atoms with E-state index in [1.54, 1.807) is 10.6 Å². The summed E-state index contributed by atoms with van der Waals surface area (Å²) in [5.41, 5.74) is 3.65. The highest BCUT2D eigenvalue weighted by molar-refractivity contribution is 6.32. The van der Waals surface area contributed by atoms with Crippen LogP contribution in [0.4, 0.5) is 0 Å². The van der Waals surface area contributed by atoms with Crippen LogP contribution in [0.15, 0.2) is 72.9 Å². The topological polar surface area (TPSA) is 98.0 Å². The minimum atomic E-state index is -0.934. The van der Waals surface area contributed by atoms with Crippen molar-refractivity contribution in [3.05, 3.63) is 94.6 Å². The quantitative estimate of drug-likeness (QED) is 0.118. The van der Waals surface area contributed by atoms with Crippen LogP contribution >= 0.6 is 11.6 Å². The van der Waals surface area contributed by atoms with Crippen molar-refractivity contribution in [1.82, 2.24) is 4.57 Å². The van der Waals surface area contributed by atoms with Crippen LogP contribution in [0.25, 0.3) is 23.1 Å². The Labute approximate surface area is 238 Å². The smallest absolute Gasteiger partial charge is 0.323 e. The monoisotopic (exact) mass is 561 g/mol. The van der Waals surface area contributed by atoms with E-state index >= 15 is 0 Å². The van der Waals surface area contributed by atoms with Crippen molar-refractivity contribution in [2.45, 2.75) is 38.6 Å². The molecule has 0 aliphatic heterocycles. The standard InChI is InChI=1S/C32H32ClNO6/c33-28-10-1-2-11-29(28)40-20-4-3-19-39-26-17-14-23(15-18-26)13-16-24-7-5-9-27-25(8-6-12-30(35)36)21-34(32(24)27)22-31(37)38/h1-2,5,7,9-11,13-18,21H,3-4,6,8,12,19-20,22H2,(H,35,36)(H,37,38)/b16-13+. The molecule has 40 heavy (non-hydrogen) atoms. The van der Waals surface area contributed by atoms with E-state index in [4.69, 9.17) is 26.2 Å². The van der Waals surface area contributed by atoms with Gasteiger partial charge in [-0.3, -0.25) is 9.59 Å². The third kappa shape index (κ3) is 8.13. The van der Waals surface area contributed by atoms with Crippen LogP contribution in [0, 0.1) is 0 Å². The summed E-state index contributed by atoms with van der Waals surface area (Å²) in [6.07, 6.45) is 8.61. The number of aromatic nitrogens is 1. The lowest BCUT2D eigenvalue weighted by molar-refractivity contribution is -0.138. The Kier molecular flexibility index (Phi) is 10.2. The number of hydrogen-bond donors (Lipinski definition) is 2. The fourth-order valence-electron chi connectivity index (χ4n) is 4.50. The summed E-state index contributed by atoms with van der Waals surface area (Å²) in [5.74, 6) is -0.297. The number of para-hydroxylation sites is 2. The first-order valence-electron chi connectivity index (χ1n) is 13.2. The van der Waals surface area contributed by atoms with E-state index < -0.39 is 11.9 Å². The number of halogens is 1. The maximum absolute atomic E-state index is 11.5. The molecule has 0 saturated heterocycles.